The number of rotatable bonds is 4. The predicted molar refractivity (Wildman–Crippen MR) is 105 cm³/mol. The van der Waals surface area contributed by atoms with Crippen LogP contribution in [0.5, 0.6) is 0 Å². The lowest BCUT2D eigenvalue weighted by molar-refractivity contribution is -0.0494. The van der Waals surface area contributed by atoms with Gasteiger partial charge < -0.3 is 10.6 Å². The molecule has 2 heterocycles. The van der Waals surface area contributed by atoms with Gasteiger partial charge in [-0.1, -0.05) is 18.2 Å². The van der Waals surface area contributed by atoms with E-state index in [1.807, 2.05) is 30.3 Å². The number of aromatic nitrogens is 1. The van der Waals surface area contributed by atoms with Crippen LogP contribution in [-0.2, 0) is 16.6 Å². The molecule has 0 spiro atoms. The molecule has 2 aromatic rings. The Balaban J connectivity index is 1.56. The largest absolute Gasteiger partial charge is 0.511 e. The van der Waals surface area contributed by atoms with E-state index in [-0.39, 0.29) is 32.0 Å². The second kappa shape index (κ2) is 8.54. The predicted octanol–water partition coefficient (Wildman–Crippen LogP) is 2.21. The van der Waals surface area contributed by atoms with Gasteiger partial charge in [0.1, 0.15) is 0 Å². The molecule has 7 nitrogen and oxygen atoms in total. The highest BCUT2D eigenvalue weighted by Gasteiger charge is 2.50. The standard InChI is InChI=1S/C18H22F3N5O2S/c1-22-17(24-12-13-6-9-23-16-5-3-2-4-15(13)16)25-14-7-10-26(11-8-14)29(27,28)18(19,20)21/h2-6,9,14H,7-8,10-12H2,1H3,(H2,22,24,25). The lowest BCUT2D eigenvalue weighted by Gasteiger charge is -2.32. The Bertz CT molecular complexity index is 981. The third-order valence-corrected chi connectivity index (χ3v) is 6.47. The number of fused-ring (bicyclic) bond motifs is 1. The zero-order valence-electron chi connectivity index (χ0n) is 15.8. The number of pyridine rings is 1. The van der Waals surface area contributed by atoms with Crippen molar-refractivity contribution in [2.45, 2.75) is 30.9 Å². The monoisotopic (exact) mass is 429 g/mol. The van der Waals surface area contributed by atoms with Crippen molar-refractivity contribution in [1.82, 2.24) is 19.9 Å². The van der Waals surface area contributed by atoms with Gasteiger partial charge in [0.15, 0.2) is 5.96 Å². The number of piperidine rings is 1. The van der Waals surface area contributed by atoms with Crippen LogP contribution in [0.1, 0.15) is 18.4 Å². The van der Waals surface area contributed by atoms with Crippen LogP contribution in [0, 0.1) is 0 Å². The second-order valence-corrected chi connectivity index (χ2v) is 8.61. The summed E-state index contributed by atoms with van der Waals surface area (Å²) in [5, 5.41) is 7.36. The Hall–Kier alpha value is -2.40. The zero-order chi connectivity index (χ0) is 21.1. The summed E-state index contributed by atoms with van der Waals surface area (Å²) >= 11 is 0. The highest BCUT2D eigenvalue weighted by molar-refractivity contribution is 7.90. The lowest BCUT2D eigenvalue weighted by atomic mass is 10.1. The molecule has 11 heteroatoms. The Labute approximate surface area is 167 Å². The Morgan fingerprint density at radius 3 is 2.59 bits per heavy atom. The molecule has 0 aliphatic carbocycles. The Kier molecular flexibility index (Phi) is 6.27. The first-order valence-corrected chi connectivity index (χ1v) is 10.5. The molecule has 1 fully saturated rings. The number of nitrogens with zero attached hydrogens (tertiary/aromatic N) is 3. The van der Waals surface area contributed by atoms with Crippen molar-refractivity contribution in [3.63, 3.8) is 0 Å². The number of nitrogens with one attached hydrogen (secondary N) is 2. The van der Waals surface area contributed by atoms with Crippen LogP contribution >= 0.6 is 0 Å². The third-order valence-electron chi connectivity index (χ3n) is 4.84. The van der Waals surface area contributed by atoms with E-state index in [1.54, 1.807) is 13.2 Å². The van der Waals surface area contributed by atoms with E-state index >= 15 is 0 Å². The van der Waals surface area contributed by atoms with Crippen LogP contribution < -0.4 is 10.6 Å². The number of hydrogen-bond acceptors (Lipinski definition) is 4. The molecule has 158 valence electrons. The molecule has 0 saturated carbocycles. The van der Waals surface area contributed by atoms with Crippen molar-refractivity contribution in [3.8, 4) is 0 Å². The SMILES string of the molecule is CN=C(NCc1ccnc2ccccc12)NC1CCN(S(=O)(=O)C(F)(F)F)CC1. The fourth-order valence-corrected chi connectivity index (χ4v) is 4.25. The fourth-order valence-electron chi connectivity index (χ4n) is 3.26. The quantitative estimate of drug-likeness (QED) is 0.575. The summed E-state index contributed by atoms with van der Waals surface area (Å²) in [5.41, 5.74) is -3.35. The number of halogens is 3. The van der Waals surface area contributed by atoms with Gasteiger partial charge in [-0.05, 0) is 30.5 Å². The number of alkyl halides is 3. The first-order valence-electron chi connectivity index (χ1n) is 9.08. The van der Waals surface area contributed by atoms with Gasteiger partial charge in [-0.2, -0.15) is 17.5 Å². The van der Waals surface area contributed by atoms with Gasteiger partial charge in [0.05, 0.1) is 5.52 Å². The number of aliphatic imine (C=N–C) groups is 1. The van der Waals surface area contributed by atoms with Gasteiger partial charge in [0.25, 0.3) is 0 Å². The molecule has 0 radical (unpaired) electrons. The summed E-state index contributed by atoms with van der Waals surface area (Å²) in [6.07, 6.45) is 2.24. The summed E-state index contributed by atoms with van der Waals surface area (Å²) in [4.78, 5) is 8.47. The van der Waals surface area contributed by atoms with E-state index in [0.29, 0.717) is 16.8 Å². The van der Waals surface area contributed by atoms with Crippen molar-refractivity contribution in [1.29, 1.82) is 0 Å². The number of hydrogen-bond donors (Lipinski definition) is 2. The van der Waals surface area contributed by atoms with Crippen molar-refractivity contribution < 1.29 is 21.6 Å². The summed E-state index contributed by atoms with van der Waals surface area (Å²) in [7, 11) is -3.67. The van der Waals surface area contributed by atoms with Crippen LogP contribution in [0.2, 0.25) is 0 Å². The van der Waals surface area contributed by atoms with Crippen LogP contribution in [0.4, 0.5) is 13.2 Å². The normalized spacial score (nSPS) is 17.4. The second-order valence-electron chi connectivity index (χ2n) is 6.68. The third kappa shape index (κ3) is 4.78. The average Bonchev–Trinajstić information content (AvgIpc) is 2.70. The van der Waals surface area contributed by atoms with Crippen LogP contribution in [0.3, 0.4) is 0 Å². The molecule has 1 aliphatic heterocycles. The molecule has 3 rings (SSSR count). The Morgan fingerprint density at radius 1 is 1.24 bits per heavy atom. The van der Waals surface area contributed by atoms with Gasteiger partial charge in [-0.3, -0.25) is 9.98 Å². The molecule has 1 aromatic heterocycles. The summed E-state index contributed by atoms with van der Waals surface area (Å²) in [6, 6.07) is 9.49. The van der Waals surface area contributed by atoms with Crippen LogP contribution in [0.25, 0.3) is 10.9 Å². The highest BCUT2D eigenvalue weighted by atomic mass is 32.2. The zero-order valence-corrected chi connectivity index (χ0v) is 16.6. The van der Waals surface area contributed by atoms with Gasteiger partial charge in [-0.25, -0.2) is 8.42 Å². The maximum Gasteiger partial charge on any atom is 0.511 e. The van der Waals surface area contributed by atoms with Crippen LogP contribution in [-0.4, -0.2) is 55.4 Å². The van der Waals surface area contributed by atoms with E-state index in [2.05, 4.69) is 20.6 Å². The molecule has 29 heavy (non-hydrogen) atoms. The molecule has 2 N–H and O–H groups in total. The van der Waals surface area contributed by atoms with E-state index in [9.17, 15) is 21.6 Å². The van der Waals surface area contributed by atoms with Gasteiger partial charge >= 0.3 is 15.5 Å². The van der Waals surface area contributed by atoms with Gasteiger partial charge in [0.2, 0.25) is 0 Å². The molecule has 0 amide bonds. The number of sulfonamides is 1. The van der Waals surface area contributed by atoms with Crippen molar-refractivity contribution in [3.05, 3.63) is 42.1 Å². The summed E-state index contributed by atoms with van der Waals surface area (Å²) in [6.45, 7) is 0.112. The Morgan fingerprint density at radius 2 is 1.93 bits per heavy atom. The van der Waals surface area contributed by atoms with E-state index < -0.39 is 15.5 Å². The molecule has 1 saturated heterocycles. The first kappa shape index (κ1) is 21.3. The summed E-state index contributed by atoms with van der Waals surface area (Å²) < 4.78 is 61.5. The molecule has 0 bridgehead atoms. The molecule has 0 unspecified atom stereocenters. The summed E-state index contributed by atoms with van der Waals surface area (Å²) in [5.74, 6) is 0.503. The minimum atomic E-state index is -5.27. The van der Waals surface area contributed by atoms with Crippen molar-refractivity contribution in [2.75, 3.05) is 20.1 Å². The maximum absolute atomic E-state index is 12.7. The van der Waals surface area contributed by atoms with E-state index in [1.165, 1.54) is 0 Å². The van der Waals surface area contributed by atoms with Crippen LogP contribution in [0.15, 0.2) is 41.5 Å². The number of para-hydroxylation sites is 1. The topological polar surface area (TPSA) is 86.7 Å². The molecular formula is C18H22F3N5O2S. The smallest absolute Gasteiger partial charge is 0.354 e. The first-order chi connectivity index (χ1) is 13.7. The van der Waals surface area contributed by atoms with E-state index in [0.717, 1.165) is 16.5 Å². The van der Waals surface area contributed by atoms with Gasteiger partial charge in [0, 0.05) is 44.3 Å². The number of guanidine groups is 1. The van der Waals surface area contributed by atoms with Crippen molar-refractivity contribution >= 4 is 26.9 Å². The van der Waals surface area contributed by atoms with Crippen molar-refractivity contribution in [2.24, 2.45) is 4.99 Å². The highest BCUT2D eigenvalue weighted by Crippen LogP contribution is 2.29. The molecule has 1 aliphatic rings. The molecule has 1 aromatic carbocycles. The van der Waals surface area contributed by atoms with E-state index in [4.69, 9.17) is 0 Å². The average molecular weight is 429 g/mol. The minimum absolute atomic E-state index is 0.171. The minimum Gasteiger partial charge on any atom is -0.354 e. The number of benzene rings is 1. The fraction of sp³-hybridized carbons (Fsp3) is 0.444. The maximum atomic E-state index is 12.7. The van der Waals surface area contributed by atoms with Gasteiger partial charge in [-0.15, -0.1) is 0 Å². The molecule has 0 atom stereocenters. The lowest BCUT2D eigenvalue weighted by Crippen LogP contribution is -2.51. The molecular weight excluding hydrogens is 407 g/mol.